The van der Waals surface area contributed by atoms with E-state index in [0.29, 0.717) is 6.54 Å². The Hall–Kier alpha value is -1.70. The number of carbonyl (C=O) groups is 1. The maximum Gasteiger partial charge on any atom is 0.321 e. The van der Waals surface area contributed by atoms with E-state index in [1.165, 1.54) is 17.0 Å². The summed E-state index contributed by atoms with van der Waals surface area (Å²) in [5.41, 5.74) is 0.137. The third-order valence-corrected chi connectivity index (χ3v) is 4.01. The predicted molar refractivity (Wildman–Crippen MR) is 88.0 cm³/mol. The lowest BCUT2D eigenvalue weighted by atomic mass is 10.2. The number of piperazine rings is 1. The highest BCUT2D eigenvalue weighted by Gasteiger charge is 2.20. The van der Waals surface area contributed by atoms with Gasteiger partial charge in [0.25, 0.3) is 0 Å². The molecule has 1 aromatic carbocycles. The van der Waals surface area contributed by atoms with Crippen molar-refractivity contribution in [2.75, 3.05) is 58.7 Å². The molecule has 0 bridgehead atoms. The Morgan fingerprint density at radius 3 is 2.65 bits per heavy atom. The average molecular weight is 324 g/mol. The van der Waals surface area contributed by atoms with Crippen LogP contribution in [0.25, 0.3) is 0 Å². The number of aliphatic hydroxyl groups excluding tert-OH is 1. The summed E-state index contributed by atoms with van der Waals surface area (Å²) in [5.74, 6) is -0.479. The number of urea groups is 1. The molecule has 1 aliphatic heterocycles. The SMILES string of the molecule is CN1CCN(CC(O)CN(C)C(=O)Nc2ccccc2F)CC1. The van der Waals surface area contributed by atoms with E-state index in [9.17, 15) is 14.3 Å². The van der Waals surface area contributed by atoms with Crippen LogP contribution in [-0.2, 0) is 0 Å². The molecule has 2 rings (SSSR count). The number of nitrogens with one attached hydrogen (secondary N) is 1. The molecule has 1 saturated heterocycles. The van der Waals surface area contributed by atoms with Crippen LogP contribution in [0, 0.1) is 5.82 Å². The molecule has 1 aromatic rings. The Labute approximate surface area is 136 Å². The van der Waals surface area contributed by atoms with Gasteiger partial charge in [0, 0.05) is 46.3 Å². The van der Waals surface area contributed by atoms with Gasteiger partial charge >= 0.3 is 6.03 Å². The Balaban J connectivity index is 1.77. The zero-order valence-electron chi connectivity index (χ0n) is 13.7. The first-order valence-corrected chi connectivity index (χ1v) is 7.81. The number of rotatable bonds is 5. The quantitative estimate of drug-likeness (QED) is 0.845. The van der Waals surface area contributed by atoms with Crippen LogP contribution in [-0.4, -0.2) is 85.3 Å². The monoisotopic (exact) mass is 324 g/mol. The Morgan fingerprint density at radius 1 is 1.35 bits per heavy atom. The Kier molecular flexibility index (Phi) is 6.32. The molecule has 7 heteroatoms. The number of amides is 2. The normalized spacial score (nSPS) is 17.7. The number of hydrogen-bond donors (Lipinski definition) is 2. The summed E-state index contributed by atoms with van der Waals surface area (Å²) in [4.78, 5) is 17.9. The van der Waals surface area contributed by atoms with Gasteiger partial charge in [-0.25, -0.2) is 9.18 Å². The first-order chi connectivity index (χ1) is 11.0. The van der Waals surface area contributed by atoms with Crippen LogP contribution >= 0.6 is 0 Å². The molecular formula is C16H25FN4O2. The lowest BCUT2D eigenvalue weighted by Crippen LogP contribution is -2.49. The Bertz CT molecular complexity index is 521. The predicted octanol–water partition coefficient (Wildman–Crippen LogP) is 0.898. The van der Waals surface area contributed by atoms with Gasteiger partial charge in [-0.05, 0) is 19.2 Å². The second kappa shape index (κ2) is 8.24. The molecule has 128 valence electrons. The van der Waals surface area contributed by atoms with E-state index in [2.05, 4.69) is 22.2 Å². The van der Waals surface area contributed by atoms with E-state index in [4.69, 9.17) is 0 Å². The molecule has 2 amide bonds. The number of carbonyl (C=O) groups excluding carboxylic acids is 1. The van der Waals surface area contributed by atoms with Gasteiger partial charge in [0.15, 0.2) is 0 Å². The summed E-state index contributed by atoms with van der Waals surface area (Å²) in [5, 5.41) is 12.7. The minimum Gasteiger partial charge on any atom is -0.390 e. The first-order valence-electron chi connectivity index (χ1n) is 7.81. The minimum atomic E-state index is -0.630. The van der Waals surface area contributed by atoms with Gasteiger partial charge in [0.1, 0.15) is 5.82 Å². The first kappa shape index (κ1) is 17.7. The van der Waals surface area contributed by atoms with Crippen molar-refractivity contribution >= 4 is 11.7 Å². The largest absolute Gasteiger partial charge is 0.390 e. The molecule has 1 aliphatic rings. The van der Waals surface area contributed by atoms with Crippen LogP contribution in [0.5, 0.6) is 0 Å². The van der Waals surface area contributed by atoms with Gasteiger partial charge in [-0.3, -0.25) is 4.90 Å². The zero-order valence-corrected chi connectivity index (χ0v) is 13.7. The summed E-state index contributed by atoms with van der Waals surface area (Å²) in [6.07, 6.45) is -0.630. The third-order valence-electron chi connectivity index (χ3n) is 4.01. The van der Waals surface area contributed by atoms with Gasteiger partial charge in [-0.2, -0.15) is 0 Å². The fraction of sp³-hybridized carbons (Fsp3) is 0.562. The second-order valence-corrected chi connectivity index (χ2v) is 6.05. The van der Waals surface area contributed by atoms with E-state index in [-0.39, 0.29) is 12.2 Å². The van der Waals surface area contributed by atoms with Crippen LogP contribution in [0.3, 0.4) is 0 Å². The Morgan fingerprint density at radius 2 is 2.00 bits per heavy atom. The summed E-state index contributed by atoms with van der Waals surface area (Å²) in [6, 6.07) is 5.57. The summed E-state index contributed by atoms with van der Waals surface area (Å²) in [6.45, 7) is 4.53. The lowest BCUT2D eigenvalue weighted by Gasteiger charge is -2.34. The standard InChI is InChI=1S/C16H25FN4O2/c1-19-7-9-21(10-8-19)12-13(22)11-20(2)16(23)18-15-6-4-3-5-14(15)17/h3-6,13,22H,7-12H2,1-2H3,(H,18,23). The fourth-order valence-corrected chi connectivity index (χ4v) is 2.56. The van der Waals surface area contributed by atoms with Crippen LogP contribution in [0.1, 0.15) is 0 Å². The third kappa shape index (κ3) is 5.46. The number of anilines is 1. The molecule has 0 aromatic heterocycles. The average Bonchev–Trinajstić information content (AvgIpc) is 2.51. The highest BCUT2D eigenvalue weighted by atomic mass is 19.1. The molecule has 1 heterocycles. The van der Waals surface area contributed by atoms with E-state index < -0.39 is 18.0 Å². The molecule has 1 fully saturated rings. The number of nitrogens with zero attached hydrogens (tertiary/aromatic N) is 3. The van der Waals surface area contributed by atoms with Crippen molar-refractivity contribution < 1.29 is 14.3 Å². The van der Waals surface area contributed by atoms with Crippen LogP contribution in [0.4, 0.5) is 14.9 Å². The molecule has 1 atom stereocenters. The molecular weight excluding hydrogens is 299 g/mol. The summed E-state index contributed by atoms with van der Waals surface area (Å²) in [7, 11) is 3.66. The van der Waals surface area contributed by atoms with E-state index in [1.54, 1.807) is 19.2 Å². The van der Waals surface area contributed by atoms with E-state index in [0.717, 1.165) is 26.2 Å². The minimum absolute atomic E-state index is 0.137. The molecule has 0 spiro atoms. The van der Waals surface area contributed by atoms with Gasteiger partial charge in [0.05, 0.1) is 11.8 Å². The van der Waals surface area contributed by atoms with Crippen LogP contribution in [0.15, 0.2) is 24.3 Å². The number of hydrogen-bond acceptors (Lipinski definition) is 4. The highest BCUT2D eigenvalue weighted by molar-refractivity contribution is 5.89. The summed E-state index contributed by atoms with van der Waals surface area (Å²) >= 11 is 0. The molecule has 6 nitrogen and oxygen atoms in total. The topological polar surface area (TPSA) is 59.1 Å². The zero-order chi connectivity index (χ0) is 16.8. The molecule has 23 heavy (non-hydrogen) atoms. The number of aliphatic hydroxyl groups is 1. The van der Waals surface area contributed by atoms with Crippen LogP contribution < -0.4 is 5.32 Å². The van der Waals surface area contributed by atoms with Gasteiger partial charge in [-0.15, -0.1) is 0 Å². The number of para-hydroxylation sites is 1. The smallest absolute Gasteiger partial charge is 0.321 e. The number of halogens is 1. The number of benzene rings is 1. The van der Waals surface area contributed by atoms with Crippen molar-refractivity contribution in [2.24, 2.45) is 0 Å². The highest BCUT2D eigenvalue weighted by Crippen LogP contribution is 2.13. The van der Waals surface area contributed by atoms with Gasteiger partial charge in [-0.1, -0.05) is 12.1 Å². The van der Waals surface area contributed by atoms with E-state index >= 15 is 0 Å². The molecule has 0 saturated carbocycles. The van der Waals surface area contributed by atoms with Crippen molar-refractivity contribution in [1.82, 2.24) is 14.7 Å². The van der Waals surface area contributed by atoms with Gasteiger partial charge in [0.2, 0.25) is 0 Å². The maximum atomic E-state index is 13.5. The van der Waals surface area contributed by atoms with Crippen molar-refractivity contribution in [3.05, 3.63) is 30.1 Å². The maximum absolute atomic E-state index is 13.5. The van der Waals surface area contributed by atoms with Gasteiger partial charge < -0.3 is 20.2 Å². The second-order valence-electron chi connectivity index (χ2n) is 6.05. The van der Waals surface area contributed by atoms with Crippen LogP contribution in [0.2, 0.25) is 0 Å². The van der Waals surface area contributed by atoms with Crippen molar-refractivity contribution in [1.29, 1.82) is 0 Å². The number of β-amino-alcohol motifs (C(OH)–C–C–N with tert-alkyl or cyclic N) is 1. The lowest BCUT2D eigenvalue weighted by molar-refractivity contribution is 0.0670. The van der Waals surface area contributed by atoms with E-state index in [1.807, 2.05) is 0 Å². The molecule has 2 N–H and O–H groups in total. The molecule has 1 unspecified atom stereocenters. The van der Waals surface area contributed by atoms with Crippen molar-refractivity contribution in [3.8, 4) is 0 Å². The van der Waals surface area contributed by atoms with Crippen molar-refractivity contribution in [2.45, 2.75) is 6.10 Å². The van der Waals surface area contributed by atoms with Crippen molar-refractivity contribution in [3.63, 3.8) is 0 Å². The molecule has 0 radical (unpaired) electrons. The molecule has 0 aliphatic carbocycles. The summed E-state index contributed by atoms with van der Waals surface area (Å²) < 4.78 is 13.5. The number of likely N-dealkylation sites (N-methyl/N-ethyl adjacent to an activating group) is 2. The fourth-order valence-electron chi connectivity index (χ4n) is 2.56.